The highest BCUT2D eigenvalue weighted by Crippen LogP contribution is 2.28. The van der Waals surface area contributed by atoms with E-state index in [9.17, 15) is 31.2 Å². The smallest absolute Gasteiger partial charge is 0.388 e. The molecule has 9 nitrogen and oxygen atoms in total. The molecular weight excluding hydrogens is 520 g/mol. The Hall–Kier alpha value is -3.42. The molecule has 0 aliphatic carbocycles. The maximum atomic E-state index is 15.3. The van der Waals surface area contributed by atoms with Gasteiger partial charge in [-0.1, -0.05) is 0 Å². The SMILES string of the molecule is CC(C)n1c(=O)n(-c2cc(OC(F)F)ncc2F)c2cc(F)c(C(=O)NC3(C)CCS(=O)(=O)CC3)cc21. The first-order chi connectivity index (χ1) is 17.2. The summed E-state index contributed by atoms with van der Waals surface area (Å²) in [6.45, 7) is 1.71. The third-order valence-electron chi connectivity index (χ3n) is 6.33. The van der Waals surface area contributed by atoms with Crippen molar-refractivity contribution >= 4 is 26.8 Å². The van der Waals surface area contributed by atoms with Crippen molar-refractivity contribution in [1.29, 1.82) is 0 Å². The Morgan fingerprint density at radius 1 is 1.11 bits per heavy atom. The van der Waals surface area contributed by atoms with Crippen molar-refractivity contribution in [2.75, 3.05) is 11.5 Å². The Balaban J connectivity index is 1.83. The van der Waals surface area contributed by atoms with Gasteiger partial charge in [0.05, 0.1) is 40.0 Å². The van der Waals surface area contributed by atoms with Crippen LogP contribution in [0.25, 0.3) is 16.7 Å². The molecule has 1 aliphatic rings. The largest absolute Gasteiger partial charge is 0.417 e. The van der Waals surface area contributed by atoms with Gasteiger partial charge in [-0.15, -0.1) is 0 Å². The van der Waals surface area contributed by atoms with Crippen molar-refractivity contribution in [1.82, 2.24) is 19.4 Å². The number of hydrogen-bond donors (Lipinski definition) is 1. The number of ether oxygens (including phenoxy) is 1. The van der Waals surface area contributed by atoms with Crippen LogP contribution in [0.15, 0.2) is 29.2 Å². The summed E-state index contributed by atoms with van der Waals surface area (Å²) in [4.78, 5) is 29.8. The number of sulfone groups is 1. The lowest BCUT2D eigenvalue weighted by molar-refractivity contribution is -0.0529. The summed E-state index contributed by atoms with van der Waals surface area (Å²) in [5.74, 6) is -3.76. The molecule has 14 heteroatoms. The number of aromatic nitrogens is 3. The number of rotatable bonds is 6. The van der Waals surface area contributed by atoms with E-state index in [1.165, 1.54) is 4.57 Å². The summed E-state index contributed by atoms with van der Waals surface area (Å²) in [6, 6.07) is 2.31. The van der Waals surface area contributed by atoms with Gasteiger partial charge in [0, 0.05) is 23.7 Å². The number of alkyl halides is 2. The molecule has 0 bridgehead atoms. The molecule has 37 heavy (non-hydrogen) atoms. The lowest BCUT2D eigenvalue weighted by Crippen LogP contribution is -2.51. The van der Waals surface area contributed by atoms with Crippen LogP contribution < -0.4 is 15.7 Å². The number of halogens is 4. The molecule has 200 valence electrons. The van der Waals surface area contributed by atoms with Crippen molar-refractivity contribution in [2.45, 2.75) is 51.8 Å². The number of pyridine rings is 1. The van der Waals surface area contributed by atoms with Gasteiger partial charge in [0.1, 0.15) is 15.7 Å². The molecule has 0 spiro atoms. The summed E-state index contributed by atoms with van der Waals surface area (Å²) < 4.78 is 85.0. The Morgan fingerprint density at radius 2 is 1.76 bits per heavy atom. The second-order valence-electron chi connectivity index (χ2n) is 9.42. The van der Waals surface area contributed by atoms with Gasteiger partial charge in [-0.3, -0.25) is 13.9 Å². The topological polar surface area (TPSA) is 112 Å². The fourth-order valence-corrected chi connectivity index (χ4v) is 6.06. The van der Waals surface area contributed by atoms with Crippen LogP contribution in [0.4, 0.5) is 17.6 Å². The lowest BCUT2D eigenvalue weighted by atomic mass is 9.94. The number of imidazole rings is 1. The maximum Gasteiger partial charge on any atom is 0.388 e. The minimum absolute atomic E-state index is 0.0930. The van der Waals surface area contributed by atoms with E-state index in [-0.39, 0.29) is 35.4 Å². The summed E-state index contributed by atoms with van der Waals surface area (Å²) in [5.41, 5.74) is -2.60. The Kier molecular flexibility index (Phi) is 6.82. The number of benzene rings is 1. The molecule has 3 heterocycles. The summed E-state index contributed by atoms with van der Waals surface area (Å²) in [5, 5.41) is 2.70. The fourth-order valence-electron chi connectivity index (χ4n) is 4.33. The van der Waals surface area contributed by atoms with Crippen LogP contribution >= 0.6 is 0 Å². The molecule has 0 radical (unpaired) electrons. The van der Waals surface area contributed by atoms with Crippen LogP contribution in [0.3, 0.4) is 0 Å². The quantitative estimate of drug-likeness (QED) is 0.477. The van der Waals surface area contributed by atoms with Crippen molar-refractivity contribution in [3.63, 3.8) is 0 Å². The number of nitrogens with zero attached hydrogens (tertiary/aromatic N) is 3. The number of carbonyl (C=O) groups is 1. The average Bonchev–Trinajstić information content (AvgIpc) is 3.07. The first-order valence-corrected chi connectivity index (χ1v) is 13.1. The maximum absolute atomic E-state index is 15.3. The highest BCUT2D eigenvalue weighted by molar-refractivity contribution is 7.91. The zero-order valence-electron chi connectivity index (χ0n) is 20.1. The molecule has 1 N–H and O–H groups in total. The Labute approximate surface area is 209 Å². The van der Waals surface area contributed by atoms with E-state index >= 15 is 4.39 Å². The fraction of sp³-hybridized carbons (Fsp3) is 0.435. The van der Waals surface area contributed by atoms with Gasteiger partial charge in [-0.05, 0) is 39.7 Å². The van der Waals surface area contributed by atoms with Crippen molar-refractivity contribution in [2.24, 2.45) is 0 Å². The van der Waals surface area contributed by atoms with E-state index in [2.05, 4.69) is 15.0 Å². The molecule has 1 amide bonds. The molecule has 2 aromatic heterocycles. The van der Waals surface area contributed by atoms with E-state index in [4.69, 9.17) is 0 Å². The summed E-state index contributed by atoms with van der Waals surface area (Å²) in [6.07, 6.45) is 0.909. The number of amides is 1. The van der Waals surface area contributed by atoms with Gasteiger partial charge < -0.3 is 10.1 Å². The van der Waals surface area contributed by atoms with E-state index in [1.807, 2.05) is 0 Å². The highest BCUT2D eigenvalue weighted by Gasteiger charge is 2.35. The van der Waals surface area contributed by atoms with Crippen molar-refractivity contribution < 1.29 is 35.5 Å². The van der Waals surface area contributed by atoms with Crippen LogP contribution in [-0.2, 0) is 9.84 Å². The van der Waals surface area contributed by atoms with Gasteiger partial charge in [0.15, 0.2) is 5.82 Å². The van der Waals surface area contributed by atoms with E-state index in [0.717, 1.165) is 22.8 Å². The van der Waals surface area contributed by atoms with Crippen LogP contribution in [0.2, 0.25) is 0 Å². The van der Waals surface area contributed by atoms with E-state index in [0.29, 0.717) is 6.20 Å². The second kappa shape index (κ2) is 9.47. The van der Waals surface area contributed by atoms with E-state index in [1.54, 1.807) is 20.8 Å². The van der Waals surface area contributed by atoms with E-state index < -0.39 is 68.4 Å². The second-order valence-corrected chi connectivity index (χ2v) is 11.7. The molecule has 3 aromatic rings. The number of nitrogens with one attached hydrogen (secondary N) is 1. The van der Waals surface area contributed by atoms with Crippen LogP contribution in [0, 0.1) is 11.6 Å². The van der Waals surface area contributed by atoms with Gasteiger partial charge in [0.25, 0.3) is 5.91 Å². The zero-order chi connectivity index (χ0) is 27.3. The molecule has 0 unspecified atom stereocenters. The third-order valence-corrected chi connectivity index (χ3v) is 7.98. The normalized spacial score (nSPS) is 16.9. The van der Waals surface area contributed by atoms with Gasteiger partial charge in [0.2, 0.25) is 5.88 Å². The number of hydrogen-bond acceptors (Lipinski definition) is 6. The van der Waals surface area contributed by atoms with Crippen LogP contribution in [-0.4, -0.2) is 52.1 Å². The first kappa shape index (κ1) is 26.6. The monoisotopic (exact) mass is 544 g/mol. The Bertz CT molecular complexity index is 1530. The standard InChI is InChI=1S/C23H24F4N4O5S/c1-12(2)30-17-8-13(20(32)29-23(3)4-6-37(34,35)7-5-23)14(24)9-18(17)31(22(30)33)16-10-19(36-21(26)27)28-11-15(16)25/h8-12,21H,4-7H2,1-3H3,(H,29,32). The average molecular weight is 545 g/mol. The molecule has 1 aliphatic heterocycles. The van der Waals surface area contributed by atoms with Gasteiger partial charge >= 0.3 is 12.3 Å². The molecule has 1 saturated heterocycles. The van der Waals surface area contributed by atoms with Gasteiger partial charge in [-0.25, -0.2) is 27.0 Å². The molecular formula is C23H24F4N4O5S. The number of fused-ring (bicyclic) bond motifs is 1. The molecule has 1 fully saturated rings. The Morgan fingerprint density at radius 3 is 2.35 bits per heavy atom. The third kappa shape index (κ3) is 5.20. The minimum Gasteiger partial charge on any atom is -0.417 e. The van der Waals surface area contributed by atoms with Crippen LogP contribution in [0.1, 0.15) is 50.0 Å². The van der Waals surface area contributed by atoms with Gasteiger partial charge in [-0.2, -0.15) is 8.78 Å². The molecule has 1 aromatic carbocycles. The van der Waals surface area contributed by atoms with Crippen molar-refractivity contribution in [3.05, 3.63) is 52.1 Å². The first-order valence-electron chi connectivity index (χ1n) is 11.3. The highest BCUT2D eigenvalue weighted by atomic mass is 32.2. The van der Waals surface area contributed by atoms with Crippen molar-refractivity contribution in [3.8, 4) is 11.6 Å². The lowest BCUT2D eigenvalue weighted by Gasteiger charge is -2.34. The molecule has 0 atom stereocenters. The number of carbonyl (C=O) groups excluding carboxylic acids is 1. The minimum atomic E-state index is -3.25. The predicted molar refractivity (Wildman–Crippen MR) is 126 cm³/mol. The predicted octanol–water partition coefficient (Wildman–Crippen LogP) is 3.34. The summed E-state index contributed by atoms with van der Waals surface area (Å²) >= 11 is 0. The van der Waals surface area contributed by atoms with Crippen LogP contribution in [0.5, 0.6) is 5.88 Å². The zero-order valence-corrected chi connectivity index (χ0v) is 20.9. The summed E-state index contributed by atoms with van der Waals surface area (Å²) in [7, 11) is -3.20. The molecule has 0 saturated carbocycles. The molecule has 4 rings (SSSR count).